The number of hydrogen-bond donors (Lipinski definition) is 2. The molecule has 2 aromatic carbocycles. The fourth-order valence-electron chi connectivity index (χ4n) is 2.15. The molecule has 23 heavy (non-hydrogen) atoms. The average Bonchev–Trinajstić information content (AvgIpc) is 2.50. The van der Waals surface area contributed by atoms with E-state index in [9.17, 15) is 14.7 Å². The number of aryl methyl sites for hydroxylation is 2. The van der Waals surface area contributed by atoms with Gasteiger partial charge in [0.15, 0.2) is 5.78 Å². The Kier molecular flexibility index (Phi) is 5.40. The summed E-state index contributed by atoms with van der Waals surface area (Å²) in [5, 5.41) is 12.9. The molecule has 0 fully saturated rings. The van der Waals surface area contributed by atoms with E-state index in [0.717, 1.165) is 5.56 Å². The number of carbonyl (C=O) groups excluding carboxylic acids is 2. The third kappa shape index (κ3) is 4.57. The normalized spacial score (nSPS) is 10.4. The highest BCUT2D eigenvalue weighted by atomic mass is 35.5. The smallest absolute Gasteiger partial charge is 0.224 e. The molecule has 0 aliphatic carbocycles. The summed E-state index contributed by atoms with van der Waals surface area (Å²) >= 11 is 5.91. The van der Waals surface area contributed by atoms with E-state index in [1.54, 1.807) is 25.1 Å². The number of phenolic OH excluding ortho intramolecular Hbond substituents is 1. The van der Waals surface area contributed by atoms with Crippen LogP contribution in [-0.2, 0) is 4.79 Å². The van der Waals surface area contributed by atoms with Gasteiger partial charge in [-0.3, -0.25) is 9.59 Å². The van der Waals surface area contributed by atoms with Gasteiger partial charge in [0.05, 0.1) is 5.69 Å². The first kappa shape index (κ1) is 17.0. The fraction of sp³-hybridized carbons (Fsp3) is 0.222. The third-order valence-electron chi connectivity index (χ3n) is 3.49. The van der Waals surface area contributed by atoms with Crippen molar-refractivity contribution in [3.05, 3.63) is 58.1 Å². The molecular weight excluding hydrogens is 314 g/mol. The van der Waals surface area contributed by atoms with Gasteiger partial charge < -0.3 is 10.4 Å². The number of nitrogens with one attached hydrogen (secondary N) is 1. The van der Waals surface area contributed by atoms with Crippen molar-refractivity contribution in [1.29, 1.82) is 0 Å². The molecule has 4 nitrogen and oxygen atoms in total. The molecule has 120 valence electrons. The molecular formula is C18H18ClNO3. The predicted octanol–water partition coefficient (Wildman–Crippen LogP) is 4.26. The van der Waals surface area contributed by atoms with Gasteiger partial charge in [-0.2, -0.15) is 0 Å². The molecule has 2 aromatic rings. The van der Waals surface area contributed by atoms with E-state index in [1.807, 2.05) is 19.1 Å². The number of phenols is 1. The minimum Gasteiger partial charge on any atom is -0.505 e. The number of halogens is 1. The van der Waals surface area contributed by atoms with Gasteiger partial charge in [-0.1, -0.05) is 41.4 Å². The Hall–Kier alpha value is -2.33. The number of ketones is 1. The van der Waals surface area contributed by atoms with Gasteiger partial charge in [0.1, 0.15) is 5.75 Å². The summed E-state index contributed by atoms with van der Waals surface area (Å²) in [5.74, 6) is -0.457. The minimum atomic E-state index is -0.345. The molecule has 0 heterocycles. The molecule has 0 unspecified atom stereocenters. The Bertz CT molecular complexity index is 739. The van der Waals surface area contributed by atoms with E-state index >= 15 is 0 Å². The lowest BCUT2D eigenvalue weighted by Gasteiger charge is -2.10. The summed E-state index contributed by atoms with van der Waals surface area (Å²) in [4.78, 5) is 24.0. The van der Waals surface area contributed by atoms with Crippen LogP contribution in [-0.4, -0.2) is 16.8 Å². The first-order valence-electron chi connectivity index (χ1n) is 7.25. The molecule has 0 bridgehead atoms. The molecule has 0 spiro atoms. The fourth-order valence-corrected chi connectivity index (χ4v) is 2.43. The predicted molar refractivity (Wildman–Crippen MR) is 91.2 cm³/mol. The molecule has 0 aliphatic rings. The van der Waals surface area contributed by atoms with Gasteiger partial charge in [0.25, 0.3) is 0 Å². The second-order valence-electron chi connectivity index (χ2n) is 5.46. The lowest BCUT2D eigenvalue weighted by Crippen LogP contribution is -2.13. The lowest BCUT2D eigenvalue weighted by molar-refractivity contribution is -0.116. The van der Waals surface area contributed by atoms with Crippen molar-refractivity contribution in [1.82, 2.24) is 0 Å². The zero-order chi connectivity index (χ0) is 17.0. The van der Waals surface area contributed by atoms with Crippen molar-refractivity contribution in [2.45, 2.75) is 26.7 Å². The summed E-state index contributed by atoms with van der Waals surface area (Å²) < 4.78 is 0. The van der Waals surface area contributed by atoms with Crippen molar-refractivity contribution in [3.8, 4) is 5.75 Å². The molecule has 0 saturated carbocycles. The zero-order valence-electron chi connectivity index (χ0n) is 13.0. The average molecular weight is 332 g/mol. The molecule has 0 radical (unpaired) electrons. The van der Waals surface area contributed by atoms with Gasteiger partial charge >= 0.3 is 0 Å². The Morgan fingerprint density at radius 3 is 2.39 bits per heavy atom. The number of Topliss-reactive ketones (excluding diaryl/α,β-unsaturated/α-hetero) is 1. The summed E-state index contributed by atoms with van der Waals surface area (Å²) in [7, 11) is 0. The minimum absolute atomic E-state index is 0.0207. The molecule has 0 saturated heterocycles. The highest BCUT2D eigenvalue weighted by molar-refractivity contribution is 6.31. The third-order valence-corrected chi connectivity index (χ3v) is 3.71. The maximum Gasteiger partial charge on any atom is 0.224 e. The van der Waals surface area contributed by atoms with E-state index in [0.29, 0.717) is 16.1 Å². The van der Waals surface area contributed by atoms with E-state index < -0.39 is 0 Å². The highest BCUT2D eigenvalue weighted by Gasteiger charge is 2.12. The number of anilines is 1. The number of benzene rings is 2. The summed E-state index contributed by atoms with van der Waals surface area (Å²) in [6, 6.07) is 10.3. The first-order chi connectivity index (χ1) is 10.9. The molecule has 0 aliphatic heterocycles. The molecule has 0 atom stereocenters. The maximum atomic E-state index is 12.0. The Morgan fingerprint density at radius 2 is 1.74 bits per heavy atom. The van der Waals surface area contributed by atoms with Crippen LogP contribution in [0.3, 0.4) is 0 Å². The van der Waals surface area contributed by atoms with Crippen LogP contribution >= 0.6 is 11.6 Å². The van der Waals surface area contributed by atoms with Crippen LogP contribution in [0.5, 0.6) is 5.75 Å². The van der Waals surface area contributed by atoms with Crippen molar-refractivity contribution < 1.29 is 14.7 Å². The first-order valence-corrected chi connectivity index (χ1v) is 7.63. The largest absolute Gasteiger partial charge is 0.505 e. The number of hydrogen-bond acceptors (Lipinski definition) is 3. The monoisotopic (exact) mass is 331 g/mol. The van der Waals surface area contributed by atoms with Gasteiger partial charge in [0.2, 0.25) is 5.91 Å². The SMILES string of the molecule is Cc1ccc(C(=O)CCC(=O)Nc2cc(Cl)cc(C)c2O)cc1. The van der Waals surface area contributed by atoms with Crippen molar-refractivity contribution >= 4 is 29.0 Å². The molecule has 2 N–H and O–H groups in total. The van der Waals surface area contributed by atoms with E-state index in [1.165, 1.54) is 6.07 Å². The van der Waals surface area contributed by atoms with Crippen LogP contribution in [0.2, 0.25) is 5.02 Å². The number of aromatic hydroxyl groups is 1. The van der Waals surface area contributed by atoms with Gasteiger partial charge in [-0.15, -0.1) is 0 Å². The van der Waals surface area contributed by atoms with Crippen molar-refractivity contribution in [3.63, 3.8) is 0 Å². The van der Waals surface area contributed by atoms with Crippen LogP contribution < -0.4 is 5.32 Å². The molecule has 0 aromatic heterocycles. The Balaban J connectivity index is 1.95. The van der Waals surface area contributed by atoms with Crippen LogP contribution in [0.15, 0.2) is 36.4 Å². The zero-order valence-corrected chi connectivity index (χ0v) is 13.8. The number of rotatable bonds is 5. The topological polar surface area (TPSA) is 66.4 Å². The molecule has 2 rings (SSSR count). The van der Waals surface area contributed by atoms with Gasteiger partial charge in [-0.05, 0) is 31.5 Å². The van der Waals surface area contributed by atoms with Crippen LogP contribution in [0.4, 0.5) is 5.69 Å². The number of amides is 1. The quantitative estimate of drug-likeness (QED) is 0.635. The van der Waals surface area contributed by atoms with E-state index in [-0.39, 0.29) is 36.0 Å². The molecule has 1 amide bonds. The molecule has 5 heteroatoms. The van der Waals surface area contributed by atoms with Gasteiger partial charge in [0, 0.05) is 23.4 Å². The second kappa shape index (κ2) is 7.29. The maximum absolute atomic E-state index is 12.0. The van der Waals surface area contributed by atoms with Gasteiger partial charge in [-0.25, -0.2) is 0 Å². The van der Waals surface area contributed by atoms with Crippen LogP contribution in [0, 0.1) is 13.8 Å². The Morgan fingerprint density at radius 1 is 1.09 bits per heavy atom. The Labute approximate surface area is 140 Å². The summed E-state index contributed by atoms with van der Waals surface area (Å²) in [5.41, 5.74) is 2.49. The number of carbonyl (C=O) groups is 2. The van der Waals surface area contributed by atoms with Crippen molar-refractivity contribution in [2.24, 2.45) is 0 Å². The standard InChI is InChI=1S/C18H18ClNO3/c1-11-3-5-13(6-4-11)16(21)7-8-17(22)20-15-10-14(19)9-12(2)18(15)23/h3-6,9-10,23H,7-8H2,1-2H3,(H,20,22). The van der Waals surface area contributed by atoms with Crippen LogP contribution in [0.25, 0.3) is 0 Å². The highest BCUT2D eigenvalue weighted by Crippen LogP contribution is 2.31. The summed E-state index contributed by atoms with van der Waals surface area (Å²) in [6.07, 6.45) is 0.146. The van der Waals surface area contributed by atoms with E-state index in [4.69, 9.17) is 11.6 Å². The van der Waals surface area contributed by atoms with E-state index in [2.05, 4.69) is 5.32 Å². The lowest BCUT2D eigenvalue weighted by atomic mass is 10.0. The van der Waals surface area contributed by atoms with Crippen LogP contribution in [0.1, 0.15) is 34.3 Å². The summed E-state index contributed by atoms with van der Waals surface area (Å²) in [6.45, 7) is 3.64. The second-order valence-corrected chi connectivity index (χ2v) is 5.89. The van der Waals surface area contributed by atoms with Crippen molar-refractivity contribution in [2.75, 3.05) is 5.32 Å².